The Labute approximate surface area is 72.3 Å². The van der Waals surface area contributed by atoms with Gasteiger partial charge in [-0.15, -0.1) is 0 Å². The first kappa shape index (κ1) is 10.0. The second-order valence-corrected chi connectivity index (χ2v) is 2.44. The number of hydrogen-bond acceptors (Lipinski definition) is 1. The molecule has 0 saturated carbocycles. The molecule has 0 aromatic rings. The van der Waals surface area contributed by atoms with E-state index in [0.717, 1.165) is 5.57 Å². The quantitative estimate of drug-likeness (QED) is 0.593. The molecule has 0 amide bonds. The number of nitrogens with zero attached hydrogens (tertiary/aromatic N) is 1. The number of allylic oxidation sites excluding steroid dienone is 5. The highest BCUT2D eigenvalue weighted by Crippen LogP contribution is 2.06. The minimum absolute atomic E-state index is 0.352. The zero-order chi connectivity index (χ0) is 8.69. The summed E-state index contributed by atoms with van der Waals surface area (Å²) in [7, 11) is 0. The summed E-state index contributed by atoms with van der Waals surface area (Å²) in [5.74, 6) is 0. The summed E-state index contributed by atoms with van der Waals surface area (Å²) >= 11 is 5.66. The first-order valence-electron chi connectivity index (χ1n) is 3.25. The van der Waals surface area contributed by atoms with Crippen LogP contribution in [0.1, 0.15) is 13.3 Å². The van der Waals surface area contributed by atoms with Crippen molar-refractivity contribution < 1.29 is 0 Å². The molecule has 0 spiro atoms. The van der Waals surface area contributed by atoms with Crippen LogP contribution in [-0.2, 0) is 0 Å². The van der Waals surface area contributed by atoms with Crippen molar-refractivity contribution in [2.45, 2.75) is 13.3 Å². The third-order valence-electron chi connectivity index (χ3n) is 1.06. The fraction of sp³-hybridized carbons (Fsp3) is 0.222. The van der Waals surface area contributed by atoms with Crippen molar-refractivity contribution in [3.8, 4) is 6.07 Å². The van der Waals surface area contributed by atoms with E-state index in [1.54, 1.807) is 18.2 Å². The molecule has 1 nitrogen and oxygen atoms in total. The van der Waals surface area contributed by atoms with Gasteiger partial charge in [-0.2, -0.15) is 5.26 Å². The van der Waals surface area contributed by atoms with Crippen LogP contribution in [0.2, 0.25) is 0 Å². The molecule has 0 rings (SSSR count). The zero-order valence-corrected chi connectivity index (χ0v) is 7.23. The highest BCUT2D eigenvalue weighted by Gasteiger charge is 1.85. The van der Waals surface area contributed by atoms with E-state index in [1.807, 2.05) is 13.0 Å². The van der Waals surface area contributed by atoms with Crippen molar-refractivity contribution in [2.24, 2.45) is 0 Å². The Bertz CT molecular complexity index is 230. The van der Waals surface area contributed by atoms with Crippen LogP contribution in [0.15, 0.2) is 35.4 Å². The van der Waals surface area contributed by atoms with Gasteiger partial charge in [-0.25, -0.2) is 0 Å². The van der Waals surface area contributed by atoms with Gasteiger partial charge in [-0.1, -0.05) is 30.3 Å². The zero-order valence-electron chi connectivity index (χ0n) is 6.47. The van der Waals surface area contributed by atoms with Gasteiger partial charge in [0.2, 0.25) is 0 Å². The van der Waals surface area contributed by atoms with Crippen LogP contribution < -0.4 is 0 Å². The fourth-order valence-corrected chi connectivity index (χ4v) is 0.517. The topological polar surface area (TPSA) is 23.8 Å². The van der Waals surface area contributed by atoms with Gasteiger partial charge in [0.05, 0.1) is 12.5 Å². The van der Waals surface area contributed by atoms with E-state index >= 15 is 0 Å². The summed E-state index contributed by atoms with van der Waals surface area (Å²) in [6.45, 7) is 5.50. The van der Waals surface area contributed by atoms with E-state index < -0.39 is 0 Å². The Balaban J connectivity index is 3.95. The second kappa shape index (κ2) is 5.76. The van der Waals surface area contributed by atoms with Crippen LogP contribution in [0, 0.1) is 11.3 Å². The van der Waals surface area contributed by atoms with Crippen LogP contribution in [0.25, 0.3) is 0 Å². The molecule has 0 unspecified atom stereocenters. The van der Waals surface area contributed by atoms with Crippen LogP contribution in [0.5, 0.6) is 0 Å². The Kier molecular flexibility index (Phi) is 5.24. The van der Waals surface area contributed by atoms with Crippen LogP contribution in [0.3, 0.4) is 0 Å². The fourth-order valence-electron chi connectivity index (χ4n) is 0.454. The molecule has 0 radical (unpaired) electrons. The lowest BCUT2D eigenvalue weighted by Crippen LogP contribution is -1.71. The van der Waals surface area contributed by atoms with Crippen molar-refractivity contribution in [3.63, 3.8) is 0 Å². The number of nitriles is 1. The average Bonchev–Trinajstić information content (AvgIpc) is 2.01. The molecule has 0 bridgehead atoms. The normalized spacial score (nSPS) is 11.5. The van der Waals surface area contributed by atoms with Crippen molar-refractivity contribution in [3.05, 3.63) is 35.4 Å². The number of rotatable bonds is 3. The van der Waals surface area contributed by atoms with Crippen LogP contribution >= 0.6 is 11.6 Å². The SMILES string of the molecule is C=C(/C=C\C(Cl)=C/C)CC#N. The standard InChI is InChI=1S/C9H10ClN/c1-3-9(10)5-4-8(2)6-7-11/h3-5H,2,6H2,1H3/b5-4-,9-3+. The maximum absolute atomic E-state index is 8.27. The monoisotopic (exact) mass is 167 g/mol. The largest absolute Gasteiger partial charge is 0.198 e. The Morgan fingerprint density at radius 1 is 1.64 bits per heavy atom. The molecule has 0 atom stereocenters. The van der Waals surface area contributed by atoms with Crippen molar-refractivity contribution in [1.82, 2.24) is 0 Å². The second-order valence-electron chi connectivity index (χ2n) is 2.00. The first-order chi connectivity index (χ1) is 5.20. The minimum Gasteiger partial charge on any atom is -0.198 e. The molecule has 0 aromatic carbocycles. The molecule has 0 saturated heterocycles. The summed E-state index contributed by atoms with van der Waals surface area (Å²) in [5.41, 5.74) is 0.771. The van der Waals surface area contributed by atoms with Gasteiger partial charge in [-0.05, 0) is 18.6 Å². The van der Waals surface area contributed by atoms with Gasteiger partial charge in [0, 0.05) is 5.03 Å². The summed E-state index contributed by atoms with van der Waals surface area (Å²) in [6, 6.07) is 2.00. The molecule has 0 heterocycles. The first-order valence-corrected chi connectivity index (χ1v) is 3.63. The molecule has 11 heavy (non-hydrogen) atoms. The lowest BCUT2D eigenvalue weighted by molar-refractivity contribution is 1.29. The number of halogens is 1. The molecule has 0 aliphatic rings. The molecule has 0 N–H and O–H groups in total. The Hall–Kier alpha value is -1.00. The van der Waals surface area contributed by atoms with Crippen molar-refractivity contribution in [1.29, 1.82) is 5.26 Å². The Morgan fingerprint density at radius 3 is 2.73 bits per heavy atom. The van der Waals surface area contributed by atoms with Gasteiger partial charge in [0.1, 0.15) is 0 Å². The summed E-state index contributed by atoms with van der Waals surface area (Å²) in [6.07, 6.45) is 5.59. The van der Waals surface area contributed by atoms with Gasteiger partial charge in [0.25, 0.3) is 0 Å². The van der Waals surface area contributed by atoms with Crippen molar-refractivity contribution in [2.75, 3.05) is 0 Å². The van der Waals surface area contributed by atoms with E-state index in [4.69, 9.17) is 16.9 Å². The molecule has 2 heteroatoms. The molecule has 0 aliphatic heterocycles. The maximum Gasteiger partial charge on any atom is 0.0669 e. The van der Waals surface area contributed by atoms with E-state index in [9.17, 15) is 0 Å². The highest BCUT2D eigenvalue weighted by atomic mass is 35.5. The molecule has 0 aromatic heterocycles. The lowest BCUT2D eigenvalue weighted by atomic mass is 10.2. The van der Waals surface area contributed by atoms with Gasteiger partial charge < -0.3 is 0 Å². The van der Waals surface area contributed by atoms with E-state index in [-0.39, 0.29) is 0 Å². The van der Waals surface area contributed by atoms with Crippen LogP contribution in [-0.4, -0.2) is 0 Å². The molecular weight excluding hydrogens is 158 g/mol. The smallest absolute Gasteiger partial charge is 0.0669 e. The van der Waals surface area contributed by atoms with Gasteiger partial charge in [-0.3, -0.25) is 0 Å². The van der Waals surface area contributed by atoms with Crippen LogP contribution in [0.4, 0.5) is 0 Å². The average molecular weight is 168 g/mol. The summed E-state index contributed by atoms with van der Waals surface area (Å²) < 4.78 is 0. The van der Waals surface area contributed by atoms with Gasteiger partial charge >= 0.3 is 0 Å². The summed E-state index contributed by atoms with van der Waals surface area (Å²) in [4.78, 5) is 0. The molecule has 58 valence electrons. The third-order valence-corrected chi connectivity index (χ3v) is 1.40. The highest BCUT2D eigenvalue weighted by molar-refractivity contribution is 6.31. The predicted octanol–water partition coefficient (Wildman–Crippen LogP) is 3.16. The lowest BCUT2D eigenvalue weighted by Gasteiger charge is -1.88. The van der Waals surface area contributed by atoms with Gasteiger partial charge in [0.15, 0.2) is 0 Å². The number of hydrogen-bond donors (Lipinski definition) is 0. The van der Waals surface area contributed by atoms with E-state index in [1.165, 1.54) is 0 Å². The maximum atomic E-state index is 8.27. The molecule has 0 fully saturated rings. The van der Waals surface area contributed by atoms with E-state index in [0.29, 0.717) is 11.5 Å². The predicted molar refractivity (Wildman–Crippen MR) is 48.1 cm³/mol. The minimum atomic E-state index is 0.352. The van der Waals surface area contributed by atoms with Crippen molar-refractivity contribution >= 4 is 11.6 Å². The molecular formula is C9H10ClN. The Morgan fingerprint density at radius 2 is 2.27 bits per heavy atom. The van der Waals surface area contributed by atoms with E-state index in [2.05, 4.69) is 6.58 Å². The molecule has 0 aliphatic carbocycles. The third kappa shape index (κ3) is 5.44. The summed E-state index contributed by atoms with van der Waals surface area (Å²) in [5, 5.41) is 8.92.